The van der Waals surface area contributed by atoms with Crippen molar-refractivity contribution in [2.45, 2.75) is 11.1 Å². The fraction of sp³-hybridized carbons (Fsp3) is 0.238. The number of piperazine rings is 1. The summed E-state index contributed by atoms with van der Waals surface area (Å²) in [6.45, 7) is 0.203. The number of hydrogen-bond donors (Lipinski definition) is 0. The van der Waals surface area contributed by atoms with Gasteiger partial charge in [0.15, 0.2) is 17.0 Å². The van der Waals surface area contributed by atoms with Crippen molar-refractivity contribution in [1.82, 2.24) is 29.3 Å². The quantitative estimate of drug-likeness (QED) is 0.392. The van der Waals surface area contributed by atoms with E-state index in [4.69, 9.17) is 0 Å². The minimum Gasteiger partial charge on any atom is -0.352 e. The molecule has 35 heavy (non-hydrogen) atoms. The van der Waals surface area contributed by atoms with Crippen LogP contribution in [0.15, 0.2) is 59.8 Å². The zero-order valence-electron chi connectivity index (χ0n) is 17.9. The summed E-state index contributed by atoms with van der Waals surface area (Å²) >= 11 is 0. The second-order valence-electron chi connectivity index (χ2n) is 7.74. The van der Waals surface area contributed by atoms with E-state index in [2.05, 4.69) is 20.3 Å². The Balaban J connectivity index is 1.40. The van der Waals surface area contributed by atoms with Gasteiger partial charge in [-0.05, 0) is 30.3 Å². The standard InChI is InChI=1S/C21H17F4N7O2S/c22-14-4-3-5-15(12-14)32-20-18(28-29-32)19(26-13-27-20)30-8-10-31(11-9-30)35(33,34)17-7-2-1-6-16(17)21(23,24)25/h1-7,12-13H,8-11H2. The Bertz CT molecular complexity index is 1500. The van der Waals surface area contributed by atoms with Crippen LogP contribution in [-0.4, -0.2) is 63.9 Å². The van der Waals surface area contributed by atoms with Gasteiger partial charge in [0.05, 0.1) is 16.1 Å². The fourth-order valence-corrected chi connectivity index (χ4v) is 5.59. The van der Waals surface area contributed by atoms with Gasteiger partial charge in [-0.3, -0.25) is 0 Å². The van der Waals surface area contributed by atoms with Gasteiger partial charge in [0.2, 0.25) is 10.0 Å². The molecule has 14 heteroatoms. The molecule has 5 rings (SSSR count). The number of aromatic nitrogens is 5. The van der Waals surface area contributed by atoms with E-state index >= 15 is 0 Å². The van der Waals surface area contributed by atoms with E-state index in [9.17, 15) is 26.0 Å². The Morgan fingerprint density at radius 1 is 0.914 bits per heavy atom. The first-order chi connectivity index (χ1) is 16.7. The molecule has 1 saturated heterocycles. The predicted molar refractivity (Wildman–Crippen MR) is 117 cm³/mol. The minimum atomic E-state index is -4.80. The molecule has 1 aliphatic rings. The molecule has 0 radical (unpaired) electrons. The summed E-state index contributed by atoms with van der Waals surface area (Å²) in [5.41, 5.74) is -0.129. The Morgan fingerprint density at radius 3 is 2.37 bits per heavy atom. The van der Waals surface area contributed by atoms with E-state index in [1.165, 1.54) is 35.3 Å². The van der Waals surface area contributed by atoms with Gasteiger partial charge in [0.1, 0.15) is 12.1 Å². The molecule has 9 nitrogen and oxygen atoms in total. The minimum absolute atomic E-state index is 0.0575. The molecule has 3 heterocycles. The molecule has 0 atom stereocenters. The third-order valence-corrected chi connectivity index (χ3v) is 7.58. The molecule has 2 aromatic carbocycles. The molecule has 0 bridgehead atoms. The highest BCUT2D eigenvalue weighted by atomic mass is 32.2. The van der Waals surface area contributed by atoms with E-state index in [-0.39, 0.29) is 26.2 Å². The summed E-state index contributed by atoms with van der Waals surface area (Å²) in [5.74, 6) is -0.0600. The molecule has 1 aliphatic heterocycles. The molecule has 0 spiro atoms. The highest BCUT2D eigenvalue weighted by molar-refractivity contribution is 7.89. The number of alkyl halides is 3. The lowest BCUT2D eigenvalue weighted by Gasteiger charge is -2.34. The molecule has 1 fully saturated rings. The Morgan fingerprint density at radius 2 is 1.66 bits per heavy atom. The molecular weight excluding hydrogens is 490 g/mol. The third kappa shape index (κ3) is 4.18. The topological polar surface area (TPSA) is 97.1 Å². The summed E-state index contributed by atoms with van der Waals surface area (Å²) in [4.78, 5) is 9.43. The number of sulfonamides is 1. The van der Waals surface area contributed by atoms with E-state index in [0.29, 0.717) is 22.7 Å². The maximum absolute atomic E-state index is 13.7. The molecule has 2 aromatic heterocycles. The number of rotatable bonds is 4. The van der Waals surface area contributed by atoms with Gasteiger partial charge >= 0.3 is 6.18 Å². The molecule has 4 aromatic rings. The molecule has 0 N–H and O–H groups in total. The van der Waals surface area contributed by atoms with Crippen molar-refractivity contribution in [3.8, 4) is 5.69 Å². The average Bonchev–Trinajstić information content (AvgIpc) is 3.28. The normalized spacial score (nSPS) is 15.6. The van der Waals surface area contributed by atoms with Crippen LogP contribution < -0.4 is 4.90 Å². The van der Waals surface area contributed by atoms with E-state index in [0.717, 1.165) is 22.5 Å². The van der Waals surface area contributed by atoms with Gasteiger partial charge in [-0.15, -0.1) is 5.10 Å². The Labute approximate surface area is 196 Å². The number of fused-ring (bicyclic) bond motifs is 1. The lowest BCUT2D eigenvalue weighted by atomic mass is 10.2. The molecule has 0 unspecified atom stereocenters. The van der Waals surface area contributed by atoms with Gasteiger partial charge in [0.25, 0.3) is 0 Å². The van der Waals surface area contributed by atoms with Crippen LogP contribution in [0.2, 0.25) is 0 Å². The van der Waals surface area contributed by atoms with Gasteiger partial charge in [-0.25, -0.2) is 22.8 Å². The van der Waals surface area contributed by atoms with Crippen LogP contribution in [0, 0.1) is 5.82 Å². The number of hydrogen-bond acceptors (Lipinski definition) is 7. The second-order valence-corrected chi connectivity index (χ2v) is 9.64. The van der Waals surface area contributed by atoms with E-state index in [1.54, 1.807) is 11.0 Å². The van der Waals surface area contributed by atoms with Crippen molar-refractivity contribution >= 4 is 27.0 Å². The van der Waals surface area contributed by atoms with Gasteiger partial charge < -0.3 is 4.90 Å². The monoisotopic (exact) mass is 507 g/mol. The van der Waals surface area contributed by atoms with Crippen molar-refractivity contribution < 1.29 is 26.0 Å². The van der Waals surface area contributed by atoms with Crippen LogP contribution >= 0.6 is 0 Å². The number of benzene rings is 2. The van der Waals surface area contributed by atoms with Crippen molar-refractivity contribution in [1.29, 1.82) is 0 Å². The lowest BCUT2D eigenvalue weighted by Crippen LogP contribution is -2.49. The highest BCUT2D eigenvalue weighted by Crippen LogP contribution is 2.35. The van der Waals surface area contributed by atoms with Crippen LogP contribution in [0.4, 0.5) is 23.4 Å². The first kappa shape index (κ1) is 23.1. The SMILES string of the molecule is O=S(=O)(c1ccccc1C(F)(F)F)N1CCN(c2ncnc3c2nnn3-c2cccc(F)c2)CC1. The van der Waals surface area contributed by atoms with Crippen LogP contribution in [-0.2, 0) is 16.2 Å². The average molecular weight is 507 g/mol. The zero-order chi connectivity index (χ0) is 24.8. The maximum Gasteiger partial charge on any atom is 0.417 e. The van der Waals surface area contributed by atoms with E-state index in [1.807, 2.05) is 0 Å². The first-order valence-electron chi connectivity index (χ1n) is 10.4. The molecule has 0 amide bonds. The number of anilines is 1. The molecule has 0 saturated carbocycles. The van der Waals surface area contributed by atoms with Crippen LogP contribution in [0.25, 0.3) is 16.9 Å². The summed E-state index contributed by atoms with van der Waals surface area (Å²) in [6, 6.07) is 9.86. The molecular formula is C21H17F4N7O2S. The van der Waals surface area contributed by atoms with Crippen LogP contribution in [0.1, 0.15) is 5.56 Å². The maximum atomic E-state index is 13.7. The van der Waals surface area contributed by atoms with E-state index < -0.39 is 32.5 Å². The zero-order valence-corrected chi connectivity index (χ0v) is 18.7. The van der Waals surface area contributed by atoms with Crippen molar-refractivity contribution in [2.75, 3.05) is 31.1 Å². The van der Waals surface area contributed by atoms with Crippen molar-refractivity contribution in [3.63, 3.8) is 0 Å². The summed E-state index contributed by atoms with van der Waals surface area (Å²) in [6.07, 6.45) is -3.51. The second kappa shape index (κ2) is 8.53. The lowest BCUT2D eigenvalue weighted by molar-refractivity contribution is -0.139. The smallest absolute Gasteiger partial charge is 0.352 e. The van der Waals surface area contributed by atoms with Gasteiger partial charge in [-0.2, -0.15) is 22.2 Å². The van der Waals surface area contributed by atoms with Gasteiger partial charge in [-0.1, -0.05) is 23.4 Å². The summed E-state index contributed by atoms with van der Waals surface area (Å²) < 4.78 is 82.2. The third-order valence-electron chi connectivity index (χ3n) is 5.62. The summed E-state index contributed by atoms with van der Waals surface area (Å²) in [7, 11) is -4.37. The first-order valence-corrected chi connectivity index (χ1v) is 11.8. The van der Waals surface area contributed by atoms with Crippen molar-refractivity contribution in [3.05, 3.63) is 66.2 Å². The Kier molecular flexibility index (Phi) is 5.63. The molecule has 182 valence electrons. The number of nitrogens with zero attached hydrogens (tertiary/aromatic N) is 7. The molecule has 0 aliphatic carbocycles. The Hall–Kier alpha value is -3.65. The predicted octanol–water partition coefficient (Wildman–Crippen LogP) is 2.88. The van der Waals surface area contributed by atoms with Crippen molar-refractivity contribution in [2.24, 2.45) is 0 Å². The summed E-state index contributed by atoms with van der Waals surface area (Å²) in [5, 5.41) is 8.17. The van der Waals surface area contributed by atoms with Crippen LogP contribution in [0.5, 0.6) is 0 Å². The fourth-order valence-electron chi connectivity index (χ4n) is 3.96. The largest absolute Gasteiger partial charge is 0.417 e. The highest BCUT2D eigenvalue weighted by Gasteiger charge is 2.39. The van der Waals surface area contributed by atoms with Crippen LogP contribution in [0.3, 0.4) is 0 Å². The number of halogens is 4. The van der Waals surface area contributed by atoms with Gasteiger partial charge in [0, 0.05) is 26.2 Å².